The highest BCUT2D eigenvalue weighted by atomic mass is 79.9. The van der Waals surface area contributed by atoms with Crippen molar-refractivity contribution in [1.29, 1.82) is 0 Å². The fourth-order valence-corrected chi connectivity index (χ4v) is 5.24. The number of nitro groups is 1. The zero-order valence-electron chi connectivity index (χ0n) is 11.0. The van der Waals surface area contributed by atoms with Crippen molar-refractivity contribution in [2.75, 3.05) is 26.2 Å². The molecular weight excluding hydrogens is 362 g/mol. The van der Waals surface area contributed by atoms with E-state index < -0.39 is 14.9 Å². The molecule has 2 fully saturated rings. The third-order valence-electron chi connectivity index (χ3n) is 4.09. The van der Waals surface area contributed by atoms with Crippen LogP contribution in [0.2, 0.25) is 0 Å². The van der Waals surface area contributed by atoms with Gasteiger partial charge < -0.3 is 5.32 Å². The van der Waals surface area contributed by atoms with Crippen molar-refractivity contribution in [3.63, 3.8) is 0 Å². The van der Waals surface area contributed by atoms with Gasteiger partial charge in [0.25, 0.3) is 5.69 Å². The lowest BCUT2D eigenvalue weighted by molar-refractivity contribution is -0.387. The summed E-state index contributed by atoms with van der Waals surface area (Å²) in [6.07, 6.45) is 0. The van der Waals surface area contributed by atoms with E-state index in [1.54, 1.807) is 0 Å². The molecule has 0 aliphatic carbocycles. The van der Waals surface area contributed by atoms with E-state index in [4.69, 9.17) is 0 Å². The number of sulfonamides is 1. The molecule has 0 radical (unpaired) electrons. The monoisotopic (exact) mass is 375 g/mol. The topological polar surface area (TPSA) is 92.5 Å². The van der Waals surface area contributed by atoms with Crippen LogP contribution >= 0.6 is 15.9 Å². The van der Waals surface area contributed by atoms with Crippen molar-refractivity contribution in [3.05, 3.63) is 32.8 Å². The Balaban J connectivity index is 1.99. The van der Waals surface area contributed by atoms with Crippen LogP contribution in [0.15, 0.2) is 27.6 Å². The molecule has 9 heteroatoms. The van der Waals surface area contributed by atoms with Gasteiger partial charge >= 0.3 is 0 Å². The van der Waals surface area contributed by atoms with Crippen LogP contribution in [0.3, 0.4) is 0 Å². The SMILES string of the molecule is O=[N+]([O-])c1ccc(Br)cc1S(=O)(=O)N1C[C@H]2CNC[C@H]2C1. The van der Waals surface area contributed by atoms with Gasteiger partial charge in [-0.15, -0.1) is 0 Å². The largest absolute Gasteiger partial charge is 0.316 e. The number of nitrogens with one attached hydrogen (secondary N) is 1. The van der Waals surface area contributed by atoms with Gasteiger partial charge in [-0.25, -0.2) is 8.42 Å². The molecule has 2 aliphatic rings. The van der Waals surface area contributed by atoms with E-state index >= 15 is 0 Å². The van der Waals surface area contributed by atoms with Crippen LogP contribution in [0.1, 0.15) is 0 Å². The molecule has 0 spiro atoms. The van der Waals surface area contributed by atoms with Crippen LogP contribution in [0, 0.1) is 22.0 Å². The molecule has 1 aromatic carbocycles. The van der Waals surface area contributed by atoms with Crippen molar-refractivity contribution in [2.24, 2.45) is 11.8 Å². The van der Waals surface area contributed by atoms with Gasteiger partial charge in [-0.1, -0.05) is 15.9 Å². The minimum atomic E-state index is -3.85. The van der Waals surface area contributed by atoms with Crippen LogP contribution in [-0.4, -0.2) is 43.8 Å². The average Bonchev–Trinajstić information content (AvgIpc) is 2.98. The van der Waals surface area contributed by atoms with Gasteiger partial charge in [0.15, 0.2) is 4.90 Å². The van der Waals surface area contributed by atoms with Crippen molar-refractivity contribution < 1.29 is 13.3 Å². The second kappa shape index (κ2) is 5.31. The molecule has 0 amide bonds. The third-order valence-corrected chi connectivity index (χ3v) is 6.45. The molecule has 3 rings (SSSR count). The summed E-state index contributed by atoms with van der Waals surface area (Å²) in [6.45, 7) is 2.45. The molecule has 7 nitrogen and oxygen atoms in total. The molecule has 114 valence electrons. The van der Waals surface area contributed by atoms with E-state index in [9.17, 15) is 18.5 Å². The number of nitro benzene ring substituents is 1. The fraction of sp³-hybridized carbons (Fsp3) is 0.500. The Morgan fingerprint density at radius 2 is 1.90 bits per heavy atom. The summed E-state index contributed by atoms with van der Waals surface area (Å²) in [4.78, 5) is 10.2. The van der Waals surface area contributed by atoms with Crippen LogP contribution in [0.25, 0.3) is 0 Å². The summed E-state index contributed by atoms with van der Waals surface area (Å²) in [5.74, 6) is 0.594. The third kappa shape index (κ3) is 2.59. The second-order valence-corrected chi connectivity index (χ2v) is 8.19. The first-order chi connectivity index (χ1) is 9.89. The summed E-state index contributed by atoms with van der Waals surface area (Å²) in [5.41, 5.74) is -0.381. The Labute approximate surface area is 130 Å². The Bertz CT molecular complexity index is 682. The highest BCUT2D eigenvalue weighted by molar-refractivity contribution is 9.10. The van der Waals surface area contributed by atoms with Crippen molar-refractivity contribution in [3.8, 4) is 0 Å². The molecule has 0 aromatic heterocycles. The number of fused-ring (bicyclic) bond motifs is 1. The predicted molar refractivity (Wildman–Crippen MR) is 79.4 cm³/mol. The normalized spacial score (nSPS) is 26.0. The average molecular weight is 376 g/mol. The molecule has 1 aromatic rings. The maximum Gasteiger partial charge on any atom is 0.289 e. The van der Waals surface area contributed by atoms with Gasteiger partial charge in [0.1, 0.15) is 0 Å². The summed E-state index contributed by atoms with van der Waals surface area (Å²) in [7, 11) is -3.85. The predicted octanol–water partition coefficient (Wildman–Crippen LogP) is 1.20. The zero-order valence-corrected chi connectivity index (χ0v) is 13.4. The fourth-order valence-electron chi connectivity index (χ4n) is 2.99. The lowest BCUT2D eigenvalue weighted by Gasteiger charge is -2.17. The standard InChI is InChI=1S/C12H14BrN3O4S/c13-10-1-2-11(16(17)18)12(3-10)21(19,20)15-6-8-4-14-5-9(8)7-15/h1-3,8-9,14H,4-7H2/t8-,9+. The molecule has 2 heterocycles. The molecular formula is C12H14BrN3O4S. The highest BCUT2D eigenvalue weighted by Crippen LogP contribution is 2.35. The smallest absolute Gasteiger partial charge is 0.289 e. The number of benzene rings is 1. The first-order valence-corrected chi connectivity index (χ1v) is 8.77. The summed E-state index contributed by atoms with van der Waals surface area (Å²) >= 11 is 3.18. The van der Waals surface area contributed by atoms with E-state index in [1.807, 2.05) is 0 Å². The first-order valence-electron chi connectivity index (χ1n) is 6.54. The maximum absolute atomic E-state index is 12.7. The van der Waals surface area contributed by atoms with E-state index in [2.05, 4.69) is 21.2 Å². The summed E-state index contributed by atoms with van der Waals surface area (Å²) < 4.78 is 27.3. The Hall–Kier alpha value is -1.03. The summed E-state index contributed by atoms with van der Waals surface area (Å²) in [6, 6.07) is 4.00. The minimum Gasteiger partial charge on any atom is -0.316 e. The molecule has 0 unspecified atom stereocenters. The van der Waals surface area contributed by atoms with E-state index in [0.717, 1.165) is 13.1 Å². The Morgan fingerprint density at radius 3 is 2.48 bits per heavy atom. The first kappa shape index (κ1) is 14.9. The van der Waals surface area contributed by atoms with Crippen molar-refractivity contribution in [1.82, 2.24) is 9.62 Å². The van der Waals surface area contributed by atoms with Gasteiger partial charge in [0, 0.05) is 23.6 Å². The number of hydrogen-bond donors (Lipinski definition) is 1. The van der Waals surface area contributed by atoms with Crippen LogP contribution in [0.5, 0.6) is 0 Å². The highest BCUT2D eigenvalue weighted by Gasteiger charge is 2.43. The van der Waals surface area contributed by atoms with Crippen LogP contribution < -0.4 is 5.32 Å². The minimum absolute atomic E-state index is 0.241. The Morgan fingerprint density at radius 1 is 1.29 bits per heavy atom. The number of rotatable bonds is 3. The molecule has 1 N–H and O–H groups in total. The molecule has 2 saturated heterocycles. The van der Waals surface area contributed by atoms with Gasteiger partial charge in [0.05, 0.1) is 4.92 Å². The van der Waals surface area contributed by atoms with Crippen LogP contribution in [-0.2, 0) is 10.0 Å². The lowest BCUT2D eigenvalue weighted by atomic mass is 10.0. The summed E-state index contributed by atoms with van der Waals surface area (Å²) in [5, 5.41) is 14.3. The molecule has 2 aliphatic heterocycles. The van der Waals surface area contributed by atoms with Gasteiger partial charge in [-0.3, -0.25) is 10.1 Å². The lowest BCUT2D eigenvalue weighted by Crippen LogP contribution is -2.32. The van der Waals surface area contributed by atoms with Gasteiger partial charge in [-0.2, -0.15) is 4.31 Å². The molecule has 0 saturated carbocycles. The van der Waals surface area contributed by atoms with E-state index in [1.165, 1.54) is 22.5 Å². The number of nitrogens with zero attached hydrogens (tertiary/aromatic N) is 2. The molecule has 0 bridgehead atoms. The van der Waals surface area contributed by atoms with Gasteiger partial charge in [-0.05, 0) is 37.1 Å². The number of hydrogen-bond acceptors (Lipinski definition) is 5. The zero-order chi connectivity index (χ0) is 15.2. The van der Waals surface area contributed by atoms with Crippen molar-refractivity contribution >= 4 is 31.6 Å². The quantitative estimate of drug-likeness (QED) is 0.632. The molecule has 2 atom stereocenters. The van der Waals surface area contributed by atoms with E-state index in [0.29, 0.717) is 29.4 Å². The van der Waals surface area contributed by atoms with Crippen LogP contribution in [0.4, 0.5) is 5.69 Å². The second-order valence-electron chi connectivity index (χ2n) is 5.37. The Kier molecular flexibility index (Phi) is 3.76. The van der Waals surface area contributed by atoms with Crippen molar-refractivity contribution in [2.45, 2.75) is 4.90 Å². The molecule has 21 heavy (non-hydrogen) atoms. The van der Waals surface area contributed by atoms with Gasteiger partial charge in [0.2, 0.25) is 10.0 Å². The van der Waals surface area contributed by atoms with E-state index in [-0.39, 0.29) is 10.6 Å². The maximum atomic E-state index is 12.7. The number of halogens is 1.